The lowest BCUT2D eigenvalue weighted by Gasteiger charge is -2.20. The zero-order chi connectivity index (χ0) is 24.6. The van der Waals surface area contributed by atoms with Gasteiger partial charge < -0.3 is 10.1 Å². The molecular weight excluding hydrogens is 448 g/mol. The van der Waals surface area contributed by atoms with Crippen LogP contribution in [-0.2, 0) is 22.4 Å². The topological polar surface area (TPSA) is 64.1 Å². The fourth-order valence-electron chi connectivity index (χ4n) is 3.72. The van der Waals surface area contributed by atoms with Gasteiger partial charge >= 0.3 is 5.97 Å². The van der Waals surface area contributed by atoms with Crippen LogP contribution in [0.3, 0.4) is 0 Å². The molecule has 0 fully saturated rings. The van der Waals surface area contributed by atoms with E-state index in [9.17, 15) is 13.6 Å². The summed E-state index contributed by atoms with van der Waals surface area (Å²) in [5.74, 6) is -1.57. The predicted molar refractivity (Wildman–Crippen MR) is 131 cm³/mol. The Morgan fingerprint density at radius 2 is 1.71 bits per heavy atom. The van der Waals surface area contributed by atoms with E-state index in [-0.39, 0.29) is 18.6 Å². The number of anilines is 1. The monoisotopic (exact) mass is 473 g/mol. The molecule has 0 spiro atoms. The summed E-state index contributed by atoms with van der Waals surface area (Å²) in [5, 5.41) is 3.11. The van der Waals surface area contributed by atoms with Crippen LogP contribution in [0.1, 0.15) is 23.7 Å². The quantitative estimate of drug-likeness (QED) is 0.321. The summed E-state index contributed by atoms with van der Waals surface area (Å²) in [6.45, 7) is 1.86. The SMILES string of the molecule is CCOC(=O)C(Cc1ccc(F)cc1F)Nc1ncc(-c2ccccc2)nc1Cc1ccccc1. The highest BCUT2D eigenvalue weighted by Crippen LogP contribution is 2.23. The van der Waals surface area contributed by atoms with Gasteiger partial charge in [-0.1, -0.05) is 66.7 Å². The van der Waals surface area contributed by atoms with E-state index in [1.54, 1.807) is 13.1 Å². The first-order valence-electron chi connectivity index (χ1n) is 11.4. The Bertz CT molecular complexity index is 1280. The van der Waals surface area contributed by atoms with Crippen molar-refractivity contribution in [2.45, 2.75) is 25.8 Å². The lowest BCUT2D eigenvalue weighted by atomic mass is 10.0. The minimum Gasteiger partial charge on any atom is -0.464 e. The molecule has 1 atom stereocenters. The average molecular weight is 474 g/mol. The smallest absolute Gasteiger partial charge is 0.328 e. The first-order chi connectivity index (χ1) is 17.0. The van der Waals surface area contributed by atoms with Crippen molar-refractivity contribution in [2.75, 3.05) is 11.9 Å². The third kappa shape index (κ3) is 6.26. The molecule has 0 amide bonds. The molecule has 35 heavy (non-hydrogen) atoms. The van der Waals surface area contributed by atoms with Crippen molar-refractivity contribution in [3.05, 3.63) is 114 Å². The third-order valence-corrected chi connectivity index (χ3v) is 5.45. The van der Waals surface area contributed by atoms with Gasteiger partial charge in [0.15, 0.2) is 0 Å². The Morgan fingerprint density at radius 1 is 1.00 bits per heavy atom. The second-order valence-corrected chi connectivity index (χ2v) is 7.97. The van der Waals surface area contributed by atoms with E-state index < -0.39 is 23.6 Å². The van der Waals surface area contributed by atoms with Crippen LogP contribution in [0.15, 0.2) is 85.1 Å². The molecule has 3 aromatic carbocycles. The second kappa shape index (κ2) is 11.3. The second-order valence-electron chi connectivity index (χ2n) is 7.97. The number of carbonyl (C=O) groups is 1. The fraction of sp³-hybridized carbons (Fsp3) is 0.179. The molecule has 1 N–H and O–H groups in total. The van der Waals surface area contributed by atoms with E-state index >= 15 is 0 Å². The number of hydrogen-bond donors (Lipinski definition) is 1. The van der Waals surface area contributed by atoms with Crippen LogP contribution in [0.2, 0.25) is 0 Å². The molecule has 0 saturated heterocycles. The van der Waals surface area contributed by atoms with Crippen molar-refractivity contribution in [2.24, 2.45) is 0 Å². The highest BCUT2D eigenvalue weighted by atomic mass is 19.1. The fourth-order valence-corrected chi connectivity index (χ4v) is 3.72. The number of ether oxygens (including phenoxy) is 1. The first kappa shape index (κ1) is 24.0. The van der Waals surface area contributed by atoms with Crippen LogP contribution in [-0.4, -0.2) is 28.6 Å². The first-order valence-corrected chi connectivity index (χ1v) is 11.4. The van der Waals surface area contributed by atoms with E-state index in [4.69, 9.17) is 9.72 Å². The Kier molecular flexibility index (Phi) is 7.77. The van der Waals surface area contributed by atoms with Crippen molar-refractivity contribution in [1.29, 1.82) is 0 Å². The van der Waals surface area contributed by atoms with Crippen LogP contribution < -0.4 is 5.32 Å². The lowest BCUT2D eigenvalue weighted by Crippen LogP contribution is -2.34. The van der Waals surface area contributed by atoms with E-state index in [0.717, 1.165) is 23.3 Å². The Morgan fingerprint density at radius 3 is 2.40 bits per heavy atom. The number of nitrogens with one attached hydrogen (secondary N) is 1. The summed E-state index contributed by atoms with van der Waals surface area (Å²) in [6.07, 6.45) is 2.06. The van der Waals surface area contributed by atoms with Gasteiger partial charge in [-0.2, -0.15) is 0 Å². The lowest BCUT2D eigenvalue weighted by molar-refractivity contribution is -0.144. The Hall–Kier alpha value is -4.13. The molecule has 4 aromatic rings. The van der Waals surface area contributed by atoms with E-state index in [1.807, 2.05) is 60.7 Å². The van der Waals surface area contributed by atoms with Gasteiger partial charge in [-0.25, -0.2) is 23.5 Å². The maximum atomic E-state index is 14.4. The molecule has 0 aliphatic rings. The number of esters is 1. The van der Waals surface area contributed by atoms with Gasteiger partial charge in [-0.05, 0) is 24.1 Å². The number of aromatic nitrogens is 2. The maximum Gasteiger partial charge on any atom is 0.328 e. The Labute approximate surface area is 202 Å². The molecule has 0 aliphatic carbocycles. The summed E-state index contributed by atoms with van der Waals surface area (Å²) in [6, 6.07) is 21.8. The zero-order valence-corrected chi connectivity index (χ0v) is 19.2. The summed E-state index contributed by atoms with van der Waals surface area (Å²) >= 11 is 0. The predicted octanol–water partition coefficient (Wildman–Crippen LogP) is 5.60. The van der Waals surface area contributed by atoms with E-state index in [0.29, 0.717) is 23.6 Å². The van der Waals surface area contributed by atoms with Crippen molar-refractivity contribution in [1.82, 2.24) is 9.97 Å². The van der Waals surface area contributed by atoms with Crippen molar-refractivity contribution in [3.63, 3.8) is 0 Å². The van der Waals surface area contributed by atoms with Crippen LogP contribution in [0.25, 0.3) is 11.3 Å². The average Bonchev–Trinajstić information content (AvgIpc) is 2.87. The third-order valence-electron chi connectivity index (χ3n) is 5.45. The molecule has 0 aliphatic heterocycles. The van der Waals surface area contributed by atoms with Gasteiger partial charge in [0.25, 0.3) is 0 Å². The molecule has 0 saturated carbocycles. The molecular formula is C28H25F2N3O2. The maximum absolute atomic E-state index is 14.4. The van der Waals surface area contributed by atoms with Gasteiger partial charge in [-0.3, -0.25) is 0 Å². The van der Waals surface area contributed by atoms with Crippen molar-refractivity contribution < 1.29 is 18.3 Å². The van der Waals surface area contributed by atoms with Crippen molar-refractivity contribution >= 4 is 11.8 Å². The molecule has 1 aromatic heterocycles. The van der Waals surface area contributed by atoms with Crippen LogP contribution in [0.4, 0.5) is 14.6 Å². The number of rotatable bonds is 9. The highest BCUT2D eigenvalue weighted by molar-refractivity contribution is 5.79. The normalized spacial score (nSPS) is 11.6. The summed E-state index contributed by atoms with van der Waals surface area (Å²) < 4.78 is 33.0. The number of carbonyl (C=O) groups excluding carboxylic acids is 1. The Balaban J connectivity index is 1.69. The summed E-state index contributed by atoms with van der Waals surface area (Å²) in [7, 11) is 0. The summed E-state index contributed by atoms with van der Waals surface area (Å²) in [5.41, 5.74) is 3.45. The van der Waals surface area contributed by atoms with E-state index in [1.165, 1.54) is 6.07 Å². The van der Waals surface area contributed by atoms with E-state index in [2.05, 4.69) is 10.3 Å². The molecule has 1 unspecified atom stereocenters. The molecule has 7 heteroatoms. The van der Waals surface area contributed by atoms with Gasteiger partial charge in [0.2, 0.25) is 0 Å². The molecule has 5 nitrogen and oxygen atoms in total. The van der Waals surface area contributed by atoms with Crippen LogP contribution in [0, 0.1) is 11.6 Å². The summed E-state index contributed by atoms with van der Waals surface area (Å²) in [4.78, 5) is 22.2. The number of hydrogen-bond acceptors (Lipinski definition) is 5. The zero-order valence-electron chi connectivity index (χ0n) is 19.2. The van der Waals surface area contributed by atoms with Crippen LogP contribution >= 0.6 is 0 Å². The minimum absolute atomic E-state index is 0.0438. The number of nitrogens with zero attached hydrogens (tertiary/aromatic N) is 2. The molecule has 0 radical (unpaired) electrons. The standard InChI is InChI=1S/C28H25F2N3O2/c1-2-35-28(34)25(16-21-13-14-22(29)17-23(21)30)33-27-24(15-19-9-5-3-6-10-19)32-26(18-31-27)20-11-7-4-8-12-20/h3-14,17-18,25H,2,15-16H2,1H3,(H,31,33). The molecule has 4 rings (SSSR count). The number of benzene rings is 3. The number of halogens is 2. The van der Waals surface area contributed by atoms with Crippen LogP contribution in [0.5, 0.6) is 0 Å². The highest BCUT2D eigenvalue weighted by Gasteiger charge is 2.24. The molecule has 0 bridgehead atoms. The largest absolute Gasteiger partial charge is 0.464 e. The van der Waals surface area contributed by atoms with Gasteiger partial charge in [0.05, 0.1) is 24.2 Å². The molecule has 1 heterocycles. The minimum atomic E-state index is -0.943. The van der Waals surface area contributed by atoms with Gasteiger partial charge in [-0.15, -0.1) is 0 Å². The molecule has 178 valence electrons. The van der Waals surface area contributed by atoms with Gasteiger partial charge in [0.1, 0.15) is 23.5 Å². The van der Waals surface area contributed by atoms with Gasteiger partial charge in [0, 0.05) is 24.5 Å². The van der Waals surface area contributed by atoms with Crippen molar-refractivity contribution in [3.8, 4) is 11.3 Å².